The van der Waals surface area contributed by atoms with Crippen molar-refractivity contribution in [3.63, 3.8) is 0 Å². The highest BCUT2D eigenvalue weighted by molar-refractivity contribution is 5.48. The molecule has 1 N–H and O–H groups in total. The summed E-state index contributed by atoms with van der Waals surface area (Å²) in [6.07, 6.45) is 6.52. The van der Waals surface area contributed by atoms with Crippen molar-refractivity contribution in [1.29, 1.82) is 0 Å². The van der Waals surface area contributed by atoms with E-state index in [1.54, 1.807) is 0 Å². The molecule has 2 aliphatic carbocycles. The first-order valence-electron chi connectivity index (χ1n) is 8.29. The molecular formula is C19H28O. The van der Waals surface area contributed by atoms with Gasteiger partial charge in [-0.3, -0.25) is 0 Å². The van der Waals surface area contributed by atoms with Crippen molar-refractivity contribution in [3.05, 3.63) is 28.8 Å². The van der Waals surface area contributed by atoms with Gasteiger partial charge in [0, 0.05) is 0 Å². The van der Waals surface area contributed by atoms with Crippen LogP contribution in [0.15, 0.2) is 12.1 Å². The summed E-state index contributed by atoms with van der Waals surface area (Å²) in [6, 6.07) is 4.39. The molecule has 0 saturated heterocycles. The van der Waals surface area contributed by atoms with E-state index in [0.717, 1.165) is 17.4 Å². The van der Waals surface area contributed by atoms with Crippen LogP contribution in [0.2, 0.25) is 0 Å². The minimum absolute atomic E-state index is 0.290. The lowest BCUT2D eigenvalue weighted by atomic mass is 9.55. The van der Waals surface area contributed by atoms with Crippen LogP contribution < -0.4 is 0 Å². The molecule has 0 bridgehead atoms. The molecule has 1 nitrogen and oxygen atoms in total. The highest BCUT2D eigenvalue weighted by Gasteiger charge is 2.45. The second-order valence-corrected chi connectivity index (χ2v) is 7.66. The molecular weight excluding hydrogens is 244 g/mol. The van der Waals surface area contributed by atoms with Crippen LogP contribution in [0.3, 0.4) is 0 Å². The molecule has 1 aromatic carbocycles. The third-order valence-electron chi connectivity index (χ3n) is 6.08. The fourth-order valence-corrected chi connectivity index (χ4v) is 4.91. The maximum Gasteiger partial charge on any atom is 0.119 e. The van der Waals surface area contributed by atoms with E-state index in [1.165, 1.54) is 43.2 Å². The van der Waals surface area contributed by atoms with Crippen molar-refractivity contribution in [3.8, 4) is 5.75 Å². The van der Waals surface area contributed by atoms with E-state index < -0.39 is 0 Å². The number of aromatic hydroxyl groups is 1. The molecule has 0 aliphatic heterocycles. The number of phenols is 1. The average molecular weight is 272 g/mol. The van der Waals surface area contributed by atoms with Crippen molar-refractivity contribution in [2.24, 2.45) is 11.8 Å². The van der Waals surface area contributed by atoms with Crippen molar-refractivity contribution in [1.82, 2.24) is 0 Å². The van der Waals surface area contributed by atoms with Gasteiger partial charge in [-0.25, -0.2) is 0 Å². The molecule has 1 aromatic rings. The van der Waals surface area contributed by atoms with E-state index in [2.05, 4.69) is 39.8 Å². The number of rotatable bonds is 1. The molecule has 110 valence electrons. The van der Waals surface area contributed by atoms with Crippen LogP contribution in [-0.4, -0.2) is 5.11 Å². The Kier molecular flexibility index (Phi) is 3.35. The molecule has 0 amide bonds. The van der Waals surface area contributed by atoms with Crippen LogP contribution in [0.25, 0.3) is 0 Å². The number of hydrogen-bond donors (Lipinski definition) is 1. The zero-order chi connectivity index (χ0) is 14.5. The number of hydrogen-bond acceptors (Lipinski definition) is 1. The number of benzene rings is 1. The fraction of sp³-hybridized carbons (Fsp3) is 0.684. The predicted molar refractivity (Wildman–Crippen MR) is 84.4 cm³/mol. The number of phenolic OH excluding ortho intramolecular Hbond substituents is 1. The van der Waals surface area contributed by atoms with Crippen LogP contribution in [-0.2, 0) is 11.8 Å². The number of aryl methyl sites for hydroxylation is 1. The second kappa shape index (κ2) is 4.79. The van der Waals surface area contributed by atoms with Crippen LogP contribution in [0, 0.1) is 11.8 Å². The molecule has 2 unspecified atom stereocenters. The largest absolute Gasteiger partial charge is 0.508 e. The standard InChI is InChI=1S/C19H28O/c1-12(2)15-10-14-7-8-16-13(3)6-5-9-19(16,4)17(14)11-18(15)20/h10-13,16,20H,5-9H2,1-4H3/t13?,16?,19-/m0/s1. The lowest BCUT2D eigenvalue weighted by Gasteiger charge is -2.49. The van der Waals surface area contributed by atoms with Crippen molar-refractivity contribution in [2.45, 2.75) is 71.1 Å². The van der Waals surface area contributed by atoms with E-state index in [0.29, 0.717) is 11.7 Å². The maximum absolute atomic E-state index is 10.4. The summed E-state index contributed by atoms with van der Waals surface area (Å²) in [7, 11) is 0. The van der Waals surface area contributed by atoms with Gasteiger partial charge in [0.25, 0.3) is 0 Å². The molecule has 0 aromatic heterocycles. The molecule has 1 heteroatoms. The summed E-state index contributed by atoms with van der Waals surface area (Å²) in [4.78, 5) is 0. The van der Waals surface area contributed by atoms with Gasteiger partial charge in [-0.15, -0.1) is 0 Å². The summed E-state index contributed by atoms with van der Waals surface area (Å²) >= 11 is 0. The Morgan fingerprint density at radius 1 is 1.25 bits per heavy atom. The van der Waals surface area contributed by atoms with Gasteiger partial charge in [0.05, 0.1) is 0 Å². The monoisotopic (exact) mass is 272 g/mol. The van der Waals surface area contributed by atoms with Gasteiger partial charge in [0.2, 0.25) is 0 Å². The molecule has 0 heterocycles. The van der Waals surface area contributed by atoms with Crippen LogP contribution in [0.1, 0.15) is 76.0 Å². The fourth-order valence-electron chi connectivity index (χ4n) is 4.91. The first-order valence-corrected chi connectivity index (χ1v) is 8.29. The molecule has 3 atom stereocenters. The van der Waals surface area contributed by atoms with Crippen LogP contribution >= 0.6 is 0 Å². The van der Waals surface area contributed by atoms with Gasteiger partial charge in [0.15, 0.2) is 0 Å². The van der Waals surface area contributed by atoms with Crippen molar-refractivity contribution < 1.29 is 5.11 Å². The first kappa shape index (κ1) is 14.0. The SMILES string of the molecule is CC(C)c1cc2c(cc1O)[C@@]1(C)CCCC(C)C1CC2. The summed E-state index contributed by atoms with van der Waals surface area (Å²) in [5.74, 6) is 2.54. The maximum atomic E-state index is 10.4. The van der Waals surface area contributed by atoms with Crippen LogP contribution in [0.5, 0.6) is 5.75 Å². The Labute approximate surface area is 123 Å². The summed E-state index contributed by atoms with van der Waals surface area (Å²) in [6.45, 7) is 9.20. The normalized spacial score (nSPS) is 32.9. The quantitative estimate of drug-likeness (QED) is 0.749. The first-order chi connectivity index (χ1) is 9.43. The third kappa shape index (κ3) is 1.98. The van der Waals surface area contributed by atoms with Crippen LogP contribution in [0.4, 0.5) is 0 Å². The highest BCUT2D eigenvalue weighted by atomic mass is 16.3. The van der Waals surface area contributed by atoms with Gasteiger partial charge >= 0.3 is 0 Å². The minimum Gasteiger partial charge on any atom is -0.508 e. The lowest BCUT2D eigenvalue weighted by Crippen LogP contribution is -2.43. The minimum atomic E-state index is 0.290. The molecule has 1 saturated carbocycles. The van der Waals surface area contributed by atoms with E-state index >= 15 is 0 Å². The van der Waals surface area contributed by atoms with Gasteiger partial charge in [-0.2, -0.15) is 0 Å². The van der Waals surface area contributed by atoms with Gasteiger partial charge in [-0.1, -0.05) is 46.6 Å². The number of fused-ring (bicyclic) bond motifs is 3. The van der Waals surface area contributed by atoms with E-state index in [-0.39, 0.29) is 5.41 Å². The summed E-state index contributed by atoms with van der Waals surface area (Å²) < 4.78 is 0. The molecule has 3 rings (SSSR count). The molecule has 1 fully saturated rings. The van der Waals surface area contributed by atoms with E-state index in [4.69, 9.17) is 0 Å². The zero-order valence-electron chi connectivity index (χ0n) is 13.4. The van der Waals surface area contributed by atoms with E-state index in [1.807, 2.05) is 0 Å². The molecule has 0 radical (unpaired) electrons. The van der Waals surface area contributed by atoms with Gasteiger partial charge in [0.1, 0.15) is 5.75 Å². The molecule has 2 aliphatic rings. The Bertz CT molecular complexity index is 517. The second-order valence-electron chi connectivity index (χ2n) is 7.66. The van der Waals surface area contributed by atoms with Gasteiger partial charge in [-0.05, 0) is 65.2 Å². The molecule has 0 spiro atoms. The average Bonchev–Trinajstić information content (AvgIpc) is 2.38. The van der Waals surface area contributed by atoms with Crippen molar-refractivity contribution in [2.75, 3.05) is 0 Å². The topological polar surface area (TPSA) is 20.2 Å². The Balaban J connectivity index is 2.10. The Morgan fingerprint density at radius 2 is 2.00 bits per heavy atom. The highest BCUT2D eigenvalue weighted by Crippen LogP contribution is 2.53. The molecule has 20 heavy (non-hydrogen) atoms. The summed E-state index contributed by atoms with van der Waals surface area (Å²) in [5, 5.41) is 10.4. The lowest BCUT2D eigenvalue weighted by molar-refractivity contribution is 0.117. The smallest absolute Gasteiger partial charge is 0.119 e. The summed E-state index contributed by atoms with van der Waals surface area (Å²) in [5.41, 5.74) is 4.36. The van der Waals surface area contributed by atoms with E-state index in [9.17, 15) is 5.11 Å². The predicted octanol–water partition coefficient (Wildman–Crippen LogP) is 5.16. The Hall–Kier alpha value is -0.980. The van der Waals surface area contributed by atoms with Crippen molar-refractivity contribution >= 4 is 0 Å². The Morgan fingerprint density at radius 3 is 2.70 bits per heavy atom. The third-order valence-corrected chi connectivity index (χ3v) is 6.08. The van der Waals surface area contributed by atoms with Gasteiger partial charge < -0.3 is 5.11 Å². The zero-order valence-corrected chi connectivity index (χ0v) is 13.4.